The predicted molar refractivity (Wildman–Crippen MR) is 81.8 cm³/mol. The molecule has 1 aromatic rings. The summed E-state index contributed by atoms with van der Waals surface area (Å²) in [5.74, 6) is 2.21. The van der Waals surface area contributed by atoms with Gasteiger partial charge in [-0.1, -0.05) is 20.3 Å². The van der Waals surface area contributed by atoms with Gasteiger partial charge in [0, 0.05) is 18.5 Å². The Hall–Kier alpha value is -1.16. The van der Waals surface area contributed by atoms with Crippen LogP contribution in [0.5, 0.6) is 0 Å². The first-order valence-corrected chi connectivity index (χ1v) is 8.03. The summed E-state index contributed by atoms with van der Waals surface area (Å²) in [6.07, 6.45) is 7.22. The van der Waals surface area contributed by atoms with Gasteiger partial charge in [-0.05, 0) is 44.6 Å². The van der Waals surface area contributed by atoms with Crippen LogP contribution in [0.3, 0.4) is 0 Å². The standard InChI is InChI=1S/C16H27N3O/c1-3-9-17-11-14-10-15(20)19-16(18-14)13-7-5-12(4-2)6-8-13/h10,12-13,17H,3-9,11H2,1-2H3,(H,18,19,20). The molecule has 0 saturated heterocycles. The fourth-order valence-electron chi connectivity index (χ4n) is 3.05. The van der Waals surface area contributed by atoms with Crippen LogP contribution in [-0.2, 0) is 6.54 Å². The van der Waals surface area contributed by atoms with Crippen LogP contribution in [0.2, 0.25) is 0 Å². The number of H-pyrrole nitrogens is 1. The molecule has 1 aliphatic rings. The van der Waals surface area contributed by atoms with Gasteiger partial charge in [-0.25, -0.2) is 4.98 Å². The third-order valence-corrected chi connectivity index (χ3v) is 4.36. The van der Waals surface area contributed by atoms with E-state index in [1.54, 1.807) is 6.07 Å². The summed E-state index contributed by atoms with van der Waals surface area (Å²) in [7, 11) is 0. The monoisotopic (exact) mass is 277 g/mol. The first-order chi connectivity index (χ1) is 9.72. The third kappa shape index (κ3) is 4.17. The number of hydrogen-bond donors (Lipinski definition) is 2. The fourth-order valence-corrected chi connectivity index (χ4v) is 3.05. The predicted octanol–water partition coefficient (Wildman–Crippen LogP) is 2.95. The maximum Gasteiger partial charge on any atom is 0.251 e. The second kappa shape index (κ2) is 7.58. The molecule has 0 spiro atoms. The van der Waals surface area contributed by atoms with Gasteiger partial charge in [-0.3, -0.25) is 4.79 Å². The van der Waals surface area contributed by atoms with Crippen molar-refractivity contribution in [2.24, 2.45) is 5.92 Å². The van der Waals surface area contributed by atoms with Gasteiger partial charge in [0.2, 0.25) is 0 Å². The van der Waals surface area contributed by atoms with E-state index in [1.165, 1.54) is 19.3 Å². The van der Waals surface area contributed by atoms with Crippen molar-refractivity contribution in [3.8, 4) is 0 Å². The number of aromatic nitrogens is 2. The number of aromatic amines is 1. The van der Waals surface area contributed by atoms with Crippen LogP contribution < -0.4 is 10.9 Å². The van der Waals surface area contributed by atoms with E-state index in [9.17, 15) is 4.79 Å². The van der Waals surface area contributed by atoms with Crippen LogP contribution in [-0.4, -0.2) is 16.5 Å². The highest BCUT2D eigenvalue weighted by Gasteiger charge is 2.23. The minimum absolute atomic E-state index is 0.0130. The van der Waals surface area contributed by atoms with Crippen molar-refractivity contribution in [1.29, 1.82) is 0 Å². The number of nitrogens with one attached hydrogen (secondary N) is 2. The zero-order valence-corrected chi connectivity index (χ0v) is 12.7. The van der Waals surface area contributed by atoms with E-state index in [0.29, 0.717) is 12.5 Å². The number of rotatable bonds is 6. The Morgan fingerprint density at radius 3 is 2.70 bits per heavy atom. The summed E-state index contributed by atoms with van der Waals surface area (Å²) < 4.78 is 0. The normalized spacial score (nSPS) is 22.9. The average molecular weight is 277 g/mol. The summed E-state index contributed by atoms with van der Waals surface area (Å²) in [6, 6.07) is 1.61. The first kappa shape index (κ1) is 15.2. The molecule has 2 rings (SSSR count). The highest BCUT2D eigenvalue weighted by Crippen LogP contribution is 2.35. The molecule has 1 fully saturated rings. The van der Waals surface area contributed by atoms with Crippen molar-refractivity contribution in [1.82, 2.24) is 15.3 Å². The second-order valence-corrected chi connectivity index (χ2v) is 5.92. The van der Waals surface area contributed by atoms with Gasteiger partial charge >= 0.3 is 0 Å². The summed E-state index contributed by atoms with van der Waals surface area (Å²) in [6.45, 7) is 6.06. The molecule has 0 radical (unpaired) electrons. The molecule has 0 aromatic carbocycles. The fraction of sp³-hybridized carbons (Fsp3) is 0.750. The van der Waals surface area contributed by atoms with Crippen molar-refractivity contribution >= 4 is 0 Å². The van der Waals surface area contributed by atoms with Crippen molar-refractivity contribution in [3.63, 3.8) is 0 Å². The molecule has 1 heterocycles. The van der Waals surface area contributed by atoms with Crippen LogP contribution in [0, 0.1) is 5.92 Å². The molecule has 112 valence electrons. The quantitative estimate of drug-likeness (QED) is 0.786. The van der Waals surface area contributed by atoms with Gasteiger partial charge in [-0.15, -0.1) is 0 Å². The largest absolute Gasteiger partial charge is 0.311 e. The Kier molecular flexibility index (Phi) is 5.77. The number of nitrogens with zero attached hydrogens (tertiary/aromatic N) is 1. The lowest BCUT2D eigenvalue weighted by Gasteiger charge is -2.27. The SMILES string of the molecule is CCCNCc1cc(=O)[nH]c(C2CCC(CC)CC2)n1. The summed E-state index contributed by atoms with van der Waals surface area (Å²) in [5, 5.41) is 3.31. The molecule has 4 nitrogen and oxygen atoms in total. The van der Waals surface area contributed by atoms with E-state index in [-0.39, 0.29) is 5.56 Å². The summed E-state index contributed by atoms with van der Waals surface area (Å²) in [4.78, 5) is 19.4. The van der Waals surface area contributed by atoms with E-state index in [0.717, 1.165) is 43.2 Å². The molecule has 0 unspecified atom stereocenters. The van der Waals surface area contributed by atoms with Gasteiger partial charge in [-0.2, -0.15) is 0 Å². The van der Waals surface area contributed by atoms with E-state index >= 15 is 0 Å². The zero-order valence-electron chi connectivity index (χ0n) is 12.7. The molecule has 0 bridgehead atoms. The van der Waals surface area contributed by atoms with Gasteiger partial charge in [0.15, 0.2) is 0 Å². The highest BCUT2D eigenvalue weighted by molar-refractivity contribution is 5.07. The van der Waals surface area contributed by atoms with Crippen molar-refractivity contribution in [2.75, 3.05) is 6.54 Å². The summed E-state index contributed by atoms with van der Waals surface area (Å²) in [5.41, 5.74) is 0.857. The molecule has 0 aliphatic heterocycles. The molecule has 1 aliphatic carbocycles. The molecule has 1 saturated carbocycles. The Morgan fingerprint density at radius 2 is 2.05 bits per heavy atom. The molecule has 0 amide bonds. The van der Waals surface area contributed by atoms with E-state index in [2.05, 4.69) is 29.1 Å². The molecule has 4 heteroatoms. The van der Waals surface area contributed by atoms with Gasteiger partial charge < -0.3 is 10.3 Å². The van der Waals surface area contributed by atoms with Gasteiger partial charge in [0.25, 0.3) is 5.56 Å². The maximum absolute atomic E-state index is 11.8. The van der Waals surface area contributed by atoms with Crippen LogP contribution in [0.4, 0.5) is 0 Å². The lowest BCUT2D eigenvalue weighted by atomic mass is 9.80. The van der Waals surface area contributed by atoms with Crippen molar-refractivity contribution < 1.29 is 0 Å². The lowest BCUT2D eigenvalue weighted by Crippen LogP contribution is -2.22. The average Bonchev–Trinajstić information content (AvgIpc) is 2.47. The summed E-state index contributed by atoms with van der Waals surface area (Å²) >= 11 is 0. The van der Waals surface area contributed by atoms with Crippen LogP contribution in [0.1, 0.15) is 69.8 Å². The van der Waals surface area contributed by atoms with Crippen LogP contribution >= 0.6 is 0 Å². The Labute approximate surface area is 121 Å². The third-order valence-electron chi connectivity index (χ3n) is 4.36. The maximum atomic E-state index is 11.8. The molecule has 2 N–H and O–H groups in total. The minimum Gasteiger partial charge on any atom is -0.311 e. The van der Waals surface area contributed by atoms with E-state index in [1.807, 2.05) is 0 Å². The second-order valence-electron chi connectivity index (χ2n) is 5.92. The molecule has 0 atom stereocenters. The minimum atomic E-state index is -0.0130. The Morgan fingerprint density at radius 1 is 1.30 bits per heavy atom. The molecule has 1 aromatic heterocycles. The molecular weight excluding hydrogens is 250 g/mol. The van der Waals surface area contributed by atoms with Crippen molar-refractivity contribution in [3.05, 3.63) is 27.9 Å². The highest BCUT2D eigenvalue weighted by atomic mass is 16.1. The lowest BCUT2D eigenvalue weighted by molar-refractivity contribution is 0.311. The van der Waals surface area contributed by atoms with E-state index in [4.69, 9.17) is 0 Å². The van der Waals surface area contributed by atoms with Gasteiger partial charge in [0.05, 0.1) is 5.69 Å². The molecule has 20 heavy (non-hydrogen) atoms. The first-order valence-electron chi connectivity index (χ1n) is 8.03. The Bertz CT molecular complexity index is 461. The van der Waals surface area contributed by atoms with Crippen LogP contribution in [0.25, 0.3) is 0 Å². The smallest absolute Gasteiger partial charge is 0.251 e. The topological polar surface area (TPSA) is 57.8 Å². The zero-order chi connectivity index (χ0) is 14.4. The van der Waals surface area contributed by atoms with Gasteiger partial charge in [0.1, 0.15) is 5.82 Å². The Balaban J connectivity index is 2.02. The van der Waals surface area contributed by atoms with Crippen molar-refractivity contribution in [2.45, 2.75) is 64.8 Å². The van der Waals surface area contributed by atoms with E-state index < -0.39 is 0 Å². The molecular formula is C16H27N3O. The van der Waals surface area contributed by atoms with Crippen LogP contribution in [0.15, 0.2) is 10.9 Å². The number of hydrogen-bond acceptors (Lipinski definition) is 3.